The minimum absolute atomic E-state index is 0.318. The van der Waals surface area contributed by atoms with Crippen LogP contribution in [0, 0.1) is 0 Å². The molecule has 0 fully saturated rings. The van der Waals surface area contributed by atoms with Gasteiger partial charge in [-0.15, -0.1) is 11.3 Å². The number of hydrogen-bond donors (Lipinski definition) is 1. The van der Waals surface area contributed by atoms with Crippen molar-refractivity contribution in [2.75, 3.05) is 0 Å². The van der Waals surface area contributed by atoms with Gasteiger partial charge < -0.3 is 4.74 Å². The molecule has 0 aliphatic heterocycles. The number of nitrogens with zero attached hydrogens (tertiary/aromatic N) is 1. The predicted molar refractivity (Wildman–Crippen MR) is 94.8 cm³/mol. The van der Waals surface area contributed by atoms with Crippen LogP contribution in [0.3, 0.4) is 0 Å². The van der Waals surface area contributed by atoms with E-state index in [2.05, 4.69) is 4.98 Å². The van der Waals surface area contributed by atoms with Crippen LogP contribution in [-0.2, 0) is 24.4 Å². The third-order valence-electron chi connectivity index (χ3n) is 3.64. The van der Waals surface area contributed by atoms with E-state index in [0.717, 1.165) is 15.4 Å². The van der Waals surface area contributed by atoms with Crippen LogP contribution in [-0.4, -0.2) is 9.55 Å². The summed E-state index contributed by atoms with van der Waals surface area (Å²) in [6, 6.07) is 13.8. The Balaban J connectivity index is 1.72. The van der Waals surface area contributed by atoms with Crippen LogP contribution in [0.1, 0.15) is 22.9 Å². The average molecular weight is 342 g/mol. The minimum Gasteiger partial charge on any atom is -0.371 e. The molecule has 1 N–H and O–H groups in total. The Morgan fingerprint density at radius 1 is 1.08 bits per heavy atom. The summed E-state index contributed by atoms with van der Waals surface area (Å²) in [4.78, 5) is 27.0. The van der Waals surface area contributed by atoms with Crippen molar-refractivity contribution in [3.63, 3.8) is 0 Å². The second kappa shape index (κ2) is 7.42. The van der Waals surface area contributed by atoms with Crippen molar-refractivity contribution in [2.45, 2.75) is 26.6 Å². The summed E-state index contributed by atoms with van der Waals surface area (Å²) in [5, 5.41) is 0.768. The molecule has 0 aliphatic rings. The van der Waals surface area contributed by atoms with Gasteiger partial charge in [0.2, 0.25) is 0 Å². The molecule has 3 rings (SSSR count). The first-order chi connectivity index (χ1) is 11.7. The zero-order valence-corrected chi connectivity index (χ0v) is 14.1. The first-order valence-electron chi connectivity index (χ1n) is 7.73. The number of thiophene rings is 1. The summed E-state index contributed by atoms with van der Waals surface area (Å²) in [5.41, 5.74) is 0.973. The smallest absolute Gasteiger partial charge is 0.333 e. The zero-order chi connectivity index (χ0) is 16.9. The van der Waals surface area contributed by atoms with Crippen molar-refractivity contribution in [3.8, 4) is 5.00 Å². The summed E-state index contributed by atoms with van der Waals surface area (Å²) in [6.07, 6.45) is 2.19. The largest absolute Gasteiger partial charge is 0.371 e. The van der Waals surface area contributed by atoms with Gasteiger partial charge in [0.05, 0.1) is 13.2 Å². The van der Waals surface area contributed by atoms with Gasteiger partial charge in [-0.1, -0.05) is 37.3 Å². The predicted octanol–water partition coefficient (Wildman–Crippen LogP) is 2.87. The van der Waals surface area contributed by atoms with Crippen molar-refractivity contribution in [3.05, 3.63) is 85.5 Å². The van der Waals surface area contributed by atoms with Crippen molar-refractivity contribution >= 4 is 11.3 Å². The molecule has 0 radical (unpaired) electrons. The highest BCUT2D eigenvalue weighted by Crippen LogP contribution is 2.20. The second-order valence-electron chi connectivity index (χ2n) is 5.36. The van der Waals surface area contributed by atoms with Crippen LogP contribution in [0.5, 0.6) is 0 Å². The van der Waals surface area contributed by atoms with Gasteiger partial charge in [0, 0.05) is 16.6 Å². The summed E-state index contributed by atoms with van der Waals surface area (Å²) in [6.45, 7) is 2.92. The Kier molecular flexibility index (Phi) is 5.08. The summed E-state index contributed by atoms with van der Waals surface area (Å²) < 4.78 is 7.19. The van der Waals surface area contributed by atoms with E-state index in [4.69, 9.17) is 4.74 Å². The maximum Gasteiger partial charge on any atom is 0.333 e. The molecule has 6 heteroatoms. The number of hydrogen-bond acceptors (Lipinski definition) is 4. The third kappa shape index (κ3) is 3.72. The first kappa shape index (κ1) is 16.4. The molecular weight excluding hydrogens is 324 g/mol. The van der Waals surface area contributed by atoms with E-state index < -0.39 is 5.69 Å². The highest BCUT2D eigenvalue weighted by atomic mass is 32.1. The number of aromatic nitrogens is 2. The fourth-order valence-electron chi connectivity index (χ4n) is 2.34. The third-order valence-corrected chi connectivity index (χ3v) is 4.70. The molecule has 0 aliphatic carbocycles. The molecule has 5 nitrogen and oxygen atoms in total. The molecule has 0 spiro atoms. The summed E-state index contributed by atoms with van der Waals surface area (Å²) in [5.74, 6) is 0. The van der Waals surface area contributed by atoms with E-state index >= 15 is 0 Å². The quantitative estimate of drug-likeness (QED) is 0.749. The van der Waals surface area contributed by atoms with Crippen LogP contribution < -0.4 is 11.2 Å². The Morgan fingerprint density at radius 3 is 2.62 bits per heavy atom. The van der Waals surface area contributed by atoms with Crippen molar-refractivity contribution < 1.29 is 4.74 Å². The van der Waals surface area contributed by atoms with Gasteiger partial charge in [-0.05, 0) is 24.1 Å². The van der Waals surface area contributed by atoms with Gasteiger partial charge in [-0.3, -0.25) is 14.3 Å². The molecule has 2 heterocycles. The Morgan fingerprint density at radius 2 is 1.88 bits per heavy atom. The van der Waals surface area contributed by atoms with Crippen molar-refractivity contribution in [1.29, 1.82) is 0 Å². The number of ether oxygens (including phenoxy) is 1. The minimum atomic E-state index is -0.421. The van der Waals surface area contributed by atoms with Crippen LogP contribution in [0.25, 0.3) is 5.00 Å². The molecule has 124 valence electrons. The lowest BCUT2D eigenvalue weighted by atomic mass is 10.2. The van der Waals surface area contributed by atoms with Crippen LogP contribution in [0.2, 0.25) is 0 Å². The molecule has 0 bridgehead atoms. The molecule has 0 unspecified atom stereocenters. The molecule has 0 saturated carbocycles. The lowest BCUT2D eigenvalue weighted by molar-refractivity contribution is 0.109. The molecule has 3 aromatic rings. The number of aryl methyl sites for hydroxylation is 1. The fourth-order valence-corrected chi connectivity index (χ4v) is 3.26. The number of nitrogens with one attached hydrogen (secondary N) is 1. The Bertz CT molecular complexity index is 925. The topological polar surface area (TPSA) is 64.1 Å². The molecular formula is C18H18N2O3S. The second-order valence-corrected chi connectivity index (χ2v) is 6.50. The molecule has 2 aromatic heterocycles. The highest BCUT2D eigenvalue weighted by molar-refractivity contribution is 7.14. The maximum atomic E-state index is 12.0. The van der Waals surface area contributed by atoms with E-state index in [-0.39, 0.29) is 5.56 Å². The zero-order valence-electron chi connectivity index (χ0n) is 13.3. The molecule has 1 aromatic carbocycles. The van der Waals surface area contributed by atoms with Crippen molar-refractivity contribution in [2.24, 2.45) is 0 Å². The molecule has 0 saturated heterocycles. The lowest BCUT2D eigenvalue weighted by Crippen LogP contribution is -2.30. The van der Waals surface area contributed by atoms with Crippen LogP contribution in [0.15, 0.2) is 58.3 Å². The summed E-state index contributed by atoms with van der Waals surface area (Å²) in [7, 11) is 0. The van der Waals surface area contributed by atoms with Gasteiger partial charge in [0.1, 0.15) is 5.00 Å². The average Bonchev–Trinajstić information content (AvgIpc) is 3.04. The Labute approximate surface area is 143 Å². The van der Waals surface area contributed by atoms with Gasteiger partial charge in [-0.2, -0.15) is 0 Å². The SMILES string of the molecule is CCc1cn(-c2ccc(COCc3ccccc3)s2)c(=O)[nH]c1=O. The van der Waals surface area contributed by atoms with Gasteiger partial charge >= 0.3 is 5.69 Å². The first-order valence-corrected chi connectivity index (χ1v) is 8.54. The summed E-state index contributed by atoms with van der Waals surface area (Å²) >= 11 is 1.48. The van der Waals surface area contributed by atoms with Crippen LogP contribution >= 0.6 is 11.3 Å². The molecule has 0 amide bonds. The van der Waals surface area contributed by atoms with E-state index in [0.29, 0.717) is 25.2 Å². The number of rotatable bonds is 6. The maximum absolute atomic E-state index is 12.0. The fraction of sp³-hybridized carbons (Fsp3) is 0.222. The molecule has 24 heavy (non-hydrogen) atoms. The Hall–Kier alpha value is -2.44. The van der Waals surface area contributed by atoms with Crippen LogP contribution in [0.4, 0.5) is 0 Å². The number of H-pyrrole nitrogens is 1. The number of aromatic amines is 1. The van der Waals surface area contributed by atoms with Gasteiger partial charge in [0.15, 0.2) is 0 Å². The highest BCUT2D eigenvalue weighted by Gasteiger charge is 2.08. The lowest BCUT2D eigenvalue weighted by Gasteiger charge is -2.04. The molecule has 0 atom stereocenters. The van der Waals surface area contributed by atoms with E-state index in [1.807, 2.05) is 49.4 Å². The number of benzene rings is 1. The van der Waals surface area contributed by atoms with Gasteiger partial charge in [-0.25, -0.2) is 4.79 Å². The van der Waals surface area contributed by atoms with E-state index in [1.54, 1.807) is 6.20 Å². The van der Waals surface area contributed by atoms with Crippen molar-refractivity contribution in [1.82, 2.24) is 9.55 Å². The van der Waals surface area contributed by atoms with E-state index in [9.17, 15) is 9.59 Å². The van der Waals surface area contributed by atoms with Gasteiger partial charge in [0.25, 0.3) is 5.56 Å². The normalized spacial score (nSPS) is 10.9. The monoisotopic (exact) mass is 342 g/mol. The van der Waals surface area contributed by atoms with E-state index in [1.165, 1.54) is 15.9 Å². The standard InChI is InChI=1S/C18H18N2O3S/c1-2-14-10-20(18(22)19-17(14)21)16-9-8-15(24-16)12-23-11-13-6-4-3-5-7-13/h3-10H,2,11-12H2,1H3,(H,19,21,22).